The number of carbonyl (C=O) groups excluding carboxylic acids is 1. The Bertz CT molecular complexity index is 787. The first-order valence-electron chi connectivity index (χ1n) is 6.77. The summed E-state index contributed by atoms with van der Waals surface area (Å²) in [5, 5.41) is 1.00. The lowest BCUT2D eigenvalue weighted by atomic mass is 10.1. The predicted octanol–water partition coefficient (Wildman–Crippen LogP) is 3.93. The molecule has 0 amide bonds. The Labute approximate surface area is 117 Å². The smallest absolute Gasteiger partial charge is 0.164 e. The fourth-order valence-electron chi connectivity index (χ4n) is 2.52. The van der Waals surface area contributed by atoms with Gasteiger partial charge in [0.2, 0.25) is 0 Å². The van der Waals surface area contributed by atoms with Crippen molar-refractivity contribution in [1.82, 2.24) is 9.55 Å². The van der Waals surface area contributed by atoms with Crippen LogP contribution in [0.15, 0.2) is 48.8 Å². The Balaban J connectivity index is 2.32. The number of hydrogen-bond donors (Lipinski definition) is 0. The van der Waals surface area contributed by atoms with E-state index in [4.69, 9.17) is 0 Å². The van der Waals surface area contributed by atoms with E-state index in [1.165, 1.54) is 0 Å². The van der Waals surface area contributed by atoms with E-state index in [1.807, 2.05) is 56.4 Å². The van der Waals surface area contributed by atoms with Crippen molar-refractivity contribution in [2.75, 3.05) is 0 Å². The average Bonchev–Trinajstić information content (AvgIpc) is 2.86. The molecule has 0 saturated heterocycles. The predicted molar refractivity (Wildman–Crippen MR) is 80.4 cm³/mol. The highest BCUT2D eigenvalue weighted by Gasteiger charge is 2.15. The van der Waals surface area contributed by atoms with Crippen LogP contribution in [0, 0.1) is 6.92 Å². The summed E-state index contributed by atoms with van der Waals surface area (Å²) in [6, 6.07) is 11.9. The molecule has 0 fully saturated rings. The van der Waals surface area contributed by atoms with E-state index >= 15 is 0 Å². The van der Waals surface area contributed by atoms with Crippen LogP contribution in [-0.2, 0) is 0 Å². The van der Waals surface area contributed by atoms with E-state index in [2.05, 4.69) is 9.55 Å². The number of aromatic nitrogens is 2. The van der Waals surface area contributed by atoms with Gasteiger partial charge in [0.05, 0.1) is 16.9 Å². The Morgan fingerprint density at radius 1 is 1.20 bits per heavy atom. The lowest BCUT2D eigenvalue weighted by molar-refractivity contribution is 0.0989. The molecule has 0 aliphatic rings. The zero-order valence-electron chi connectivity index (χ0n) is 11.6. The monoisotopic (exact) mass is 264 g/mol. The summed E-state index contributed by atoms with van der Waals surface area (Å²) < 4.78 is 2.06. The third-order valence-electron chi connectivity index (χ3n) is 3.57. The highest BCUT2D eigenvalue weighted by Crippen LogP contribution is 2.26. The van der Waals surface area contributed by atoms with Crippen LogP contribution in [0.5, 0.6) is 0 Å². The van der Waals surface area contributed by atoms with Crippen molar-refractivity contribution < 1.29 is 4.79 Å². The Hall–Kier alpha value is -2.42. The highest BCUT2D eigenvalue weighted by atomic mass is 16.1. The standard InChI is InChI=1S/C17H16N2O/c1-3-17(20)14-11-19(15-9-6-10-18-12(15)2)16-8-5-4-7-13(14)16/h4-11H,3H2,1-2H3. The molecule has 3 heteroatoms. The second kappa shape index (κ2) is 4.93. The van der Waals surface area contributed by atoms with Crippen molar-refractivity contribution in [1.29, 1.82) is 0 Å². The molecule has 2 aromatic heterocycles. The zero-order chi connectivity index (χ0) is 14.1. The molecule has 3 aromatic rings. The van der Waals surface area contributed by atoms with Crippen molar-refractivity contribution in [3.63, 3.8) is 0 Å². The van der Waals surface area contributed by atoms with E-state index in [0.29, 0.717) is 6.42 Å². The van der Waals surface area contributed by atoms with Gasteiger partial charge in [-0.1, -0.05) is 25.1 Å². The number of hydrogen-bond acceptors (Lipinski definition) is 2. The molecular weight excluding hydrogens is 248 g/mol. The number of Topliss-reactive ketones (excluding diaryl/α,β-unsaturated/α-hetero) is 1. The molecule has 0 atom stereocenters. The molecule has 2 heterocycles. The molecule has 0 saturated carbocycles. The number of aryl methyl sites for hydroxylation is 1. The number of benzene rings is 1. The molecule has 0 spiro atoms. The Kier molecular flexibility index (Phi) is 3.11. The van der Waals surface area contributed by atoms with Crippen molar-refractivity contribution in [2.45, 2.75) is 20.3 Å². The van der Waals surface area contributed by atoms with Gasteiger partial charge < -0.3 is 4.57 Å². The van der Waals surface area contributed by atoms with Gasteiger partial charge in [0, 0.05) is 29.8 Å². The number of nitrogens with zero attached hydrogens (tertiary/aromatic N) is 2. The van der Waals surface area contributed by atoms with Crippen LogP contribution in [0.2, 0.25) is 0 Å². The number of carbonyl (C=O) groups is 1. The van der Waals surface area contributed by atoms with Gasteiger partial charge in [0.1, 0.15) is 0 Å². The minimum Gasteiger partial charge on any atom is -0.314 e. The largest absolute Gasteiger partial charge is 0.314 e. The molecular formula is C17H16N2O. The van der Waals surface area contributed by atoms with Crippen LogP contribution < -0.4 is 0 Å². The topological polar surface area (TPSA) is 34.9 Å². The molecule has 100 valence electrons. The maximum absolute atomic E-state index is 12.1. The van der Waals surface area contributed by atoms with Crippen LogP contribution in [0.4, 0.5) is 0 Å². The zero-order valence-corrected chi connectivity index (χ0v) is 11.6. The van der Waals surface area contributed by atoms with Gasteiger partial charge in [0.25, 0.3) is 0 Å². The first-order chi connectivity index (χ1) is 9.72. The fraction of sp³-hybridized carbons (Fsp3) is 0.176. The maximum Gasteiger partial charge on any atom is 0.164 e. The molecule has 0 aliphatic carbocycles. The normalized spacial score (nSPS) is 10.9. The van der Waals surface area contributed by atoms with Crippen LogP contribution >= 0.6 is 0 Å². The first-order valence-corrected chi connectivity index (χ1v) is 6.77. The summed E-state index contributed by atoms with van der Waals surface area (Å²) >= 11 is 0. The van der Waals surface area contributed by atoms with Gasteiger partial charge >= 0.3 is 0 Å². The molecule has 3 nitrogen and oxygen atoms in total. The summed E-state index contributed by atoms with van der Waals surface area (Å²) in [7, 11) is 0. The van der Waals surface area contributed by atoms with E-state index < -0.39 is 0 Å². The molecule has 0 N–H and O–H groups in total. The molecule has 0 radical (unpaired) electrons. The minimum absolute atomic E-state index is 0.168. The summed E-state index contributed by atoms with van der Waals surface area (Å²) in [6.07, 6.45) is 4.23. The number of para-hydroxylation sites is 1. The quantitative estimate of drug-likeness (QED) is 0.672. The molecule has 0 unspecified atom stereocenters. The Morgan fingerprint density at radius 3 is 2.75 bits per heavy atom. The van der Waals surface area contributed by atoms with Crippen molar-refractivity contribution in [3.8, 4) is 5.69 Å². The van der Waals surface area contributed by atoms with Crippen molar-refractivity contribution in [3.05, 3.63) is 60.0 Å². The third kappa shape index (κ3) is 1.92. The molecule has 1 aromatic carbocycles. The van der Waals surface area contributed by atoms with Crippen LogP contribution in [0.3, 0.4) is 0 Å². The fourth-order valence-corrected chi connectivity index (χ4v) is 2.52. The lowest BCUT2D eigenvalue weighted by Gasteiger charge is -2.07. The van der Waals surface area contributed by atoms with E-state index in [0.717, 1.165) is 27.8 Å². The summed E-state index contributed by atoms with van der Waals surface area (Å²) in [6.45, 7) is 3.87. The summed E-state index contributed by atoms with van der Waals surface area (Å²) in [5.74, 6) is 0.168. The molecule has 0 aliphatic heterocycles. The summed E-state index contributed by atoms with van der Waals surface area (Å²) in [4.78, 5) is 16.5. The van der Waals surface area contributed by atoms with Gasteiger partial charge in [-0.25, -0.2) is 0 Å². The van der Waals surface area contributed by atoms with Gasteiger partial charge in [-0.15, -0.1) is 0 Å². The highest BCUT2D eigenvalue weighted by molar-refractivity contribution is 6.08. The van der Waals surface area contributed by atoms with Crippen LogP contribution in [0.1, 0.15) is 29.4 Å². The van der Waals surface area contributed by atoms with Crippen LogP contribution in [-0.4, -0.2) is 15.3 Å². The minimum atomic E-state index is 0.168. The second-order valence-corrected chi connectivity index (χ2v) is 4.81. The number of pyridine rings is 1. The first kappa shape index (κ1) is 12.6. The van der Waals surface area contributed by atoms with Gasteiger partial charge in [-0.2, -0.15) is 0 Å². The van der Waals surface area contributed by atoms with Gasteiger partial charge in [-0.3, -0.25) is 9.78 Å². The van der Waals surface area contributed by atoms with E-state index in [9.17, 15) is 4.79 Å². The summed E-state index contributed by atoms with van der Waals surface area (Å²) in [5.41, 5.74) is 3.79. The van der Waals surface area contributed by atoms with E-state index in [1.54, 1.807) is 6.20 Å². The lowest BCUT2D eigenvalue weighted by Crippen LogP contribution is -1.98. The third-order valence-corrected chi connectivity index (χ3v) is 3.57. The SMILES string of the molecule is CCC(=O)c1cn(-c2cccnc2C)c2ccccc12. The maximum atomic E-state index is 12.1. The van der Waals surface area contributed by atoms with Crippen LogP contribution in [0.25, 0.3) is 16.6 Å². The van der Waals surface area contributed by atoms with Gasteiger partial charge in [0.15, 0.2) is 5.78 Å². The molecule has 20 heavy (non-hydrogen) atoms. The number of fused-ring (bicyclic) bond motifs is 1. The van der Waals surface area contributed by atoms with Crippen molar-refractivity contribution in [2.24, 2.45) is 0 Å². The van der Waals surface area contributed by atoms with E-state index in [-0.39, 0.29) is 5.78 Å². The second-order valence-electron chi connectivity index (χ2n) is 4.81. The number of ketones is 1. The molecule has 3 rings (SSSR count). The average molecular weight is 264 g/mol. The van der Waals surface area contributed by atoms with Crippen molar-refractivity contribution >= 4 is 16.7 Å². The molecule has 0 bridgehead atoms. The number of rotatable bonds is 3. The van der Waals surface area contributed by atoms with Gasteiger partial charge in [-0.05, 0) is 25.1 Å². The Morgan fingerprint density at radius 2 is 2.00 bits per heavy atom.